The number of benzene rings is 2. The summed E-state index contributed by atoms with van der Waals surface area (Å²) in [5, 5.41) is 10.5. The van der Waals surface area contributed by atoms with Gasteiger partial charge in [0.1, 0.15) is 17.2 Å². The summed E-state index contributed by atoms with van der Waals surface area (Å²) in [7, 11) is 1.60. The minimum absolute atomic E-state index is 0.161. The largest absolute Gasteiger partial charge is 0.507 e. The molecule has 0 atom stereocenters. The molecular weight excluding hydrogens is 342 g/mol. The van der Waals surface area contributed by atoms with E-state index in [1.807, 2.05) is 31.2 Å². The van der Waals surface area contributed by atoms with Gasteiger partial charge in [-0.1, -0.05) is 26.0 Å². The molecule has 5 heteroatoms. The minimum atomic E-state index is -0.161. The van der Waals surface area contributed by atoms with E-state index in [0.29, 0.717) is 34.7 Å². The molecule has 1 aliphatic heterocycles. The van der Waals surface area contributed by atoms with E-state index in [4.69, 9.17) is 9.47 Å². The topological polar surface area (TPSA) is 59.0 Å². The van der Waals surface area contributed by atoms with Crippen LogP contribution in [0, 0.1) is 6.92 Å². The van der Waals surface area contributed by atoms with Crippen molar-refractivity contribution in [2.75, 3.05) is 20.2 Å². The molecule has 1 aliphatic rings. The number of allylic oxidation sites excluding steroid dienone is 1. The van der Waals surface area contributed by atoms with Gasteiger partial charge < -0.3 is 14.6 Å². The van der Waals surface area contributed by atoms with Crippen molar-refractivity contribution in [3.8, 4) is 17.2 Å². The molecule has 0 aromatic heterocycles. The highest BCUT2D eigenvalue weighted by molar-refractivity contribution is 6.15. The van der Waals surface area contributed by atoms with E-state index in [9.17, 15) is 9.90 Å². The molecule has 0 aliphatic carbocycles. The lowest BCUT2D eigenvalue weighted by Gasteiger charge is -2.20. The first-order valence-electron chi connectivity index (χ1n) is 9.14. The van der Waals surface area contributed by atoms with Crippen molar-refractivity contribution in [1.29, 1.82) is 0 Å². The van der Waals surface area contributed by atoms with Crippen LogP contribution in [0.15, 0.2) is 36.1 Å². The zero-order valence-electron chi connectivity index (χ0n) is 16.2. The van der Waals surface area contributed by atoms with Gasteiger partial charge in [-0.05, 0) is 55.4 Å². The molecule has 1 heterocycles. The number of carbonyl (C=O) groups is 1. The predicted molar refractivity (Wildman–Crippen MR) is 105 cm³/mol. The van der Waals surface area contributed by atoms with E-state index in [2.05, 4.69) is 18.7 Å². The second-order valence-electron chi connectivity index (χ2n) is 6.57. The first-order chi connectivity index (χ1) is 13.0. The van der Waals surface area contributed by atoms with Crippen LogP contribution in [-0.4, -0.2) is 36.0 Å². The third-order valence-electron chi connectivity index (χ3n) is 4.89. The van der Waals surface area contributed by atoms with E-state index < -0.39 is 0 Å². The summed E-state index contributed by atoms with van der Waals surface area (Å²) in [6, 6.07) is 9.08. The van der Waals surface area contributed by atoms with Crippen LogP contribution in [0.25, 0.3) is 6.08 Å². The second-order valence-corrected chi connectivity index (χ2v) is 6.57. The molecule has 2 aromatic carbocycles. The number of phenols is 1. The number of rotatable bonds is 6. The summed E-state index contributed by atoms with van der Waals surface area (Å²) in [6.07, 6.45) is 1.71. The summed E-state index contributed by atoms with van der Waals surface area (Å²) < 4.78 is 11.2. The molecule has 0 bridgehead atoms. The summed E-state index contributed by atoms with van der Waals surface area (Å²) in [5.41, 5.74) is 2.72. The number of methoxy groups -OCH3 is 1. The monoisotopic (exact) mass is 367 g/mol. The molecule has 0 saturated heterocycles. The number of Topliss-reactive ketones (excluding diaryl/α,β-unsaturated/α-hetero) is 1. The van der Waals surface area contributed by atoms with Crippen LogP contribution in [0.1, 0.15) is 40.9 Å². The first kappa shape index (κ1) is 19.0. The molecule has 2 aromatic rings. The quantitative estimate of drug-likeness (QED) is 0.777. The molecule has 0 fully saturated rings. The number of aromatic hydroxyl groups is 1. The van der Waals surface area contributed by atoms with Gasteiger partial charge in [0.05, 0.1) is 18.2 Å². The lowest BCUT2D eigenvalue weighted by molar-refractivity contribution is 0.101. The van der Waals surface area contributed by atoms with Crippen molar-refractivity contribution in [1.82, 2.24) is 4.90 Å². The van der Waals surface area contributed by atoms with Gasteiger partial charge in [-0.2, -0.15) is 0 Å². The number of fused-ring (bicyclic) bond motifs is 1. The number of ether oxygens (including phenoxy) is 2. The Kier molecular flexibility index (Phi) is 5.51. The third kappa shape index (κ3) is 3.69. The van der Waals surface area contributed by atoms with Gasteiger partial charge in [0.2, 0.25) is 5.78 Å². The van der Waals surface area contributed by atoms with Gasteiger partial charge in [0.25, 0.3) is 0 Å². The van der Waals surface area contributed by atoms with E-state index in [1.165, 1.54) is 0 Å². The number of nitrogens with zero attached hydrogens (tertiary/aromatic N) is 1. The Hall–Kier alpha value is -2.79. The molecule has 0 radical (unpaired) electrons. The number of hydrogen-bond donors (Lipinski definition) is 1. The highest BCUT2D eigenvalue weighted by atomic mass is 16.5. The summed E-state index contributed by atoms with van der Waals surface area (Å²) in [6.45, 7) is 8.17. The molecule has 0 unspecified atom stereocenters. The predicted octanol–water partition coefficient (Wildman–Crippen LogP) is 4.17. The van der Waals surface area contributed by atoms with Crippen LogP contribution in [0.5, 0.6) is 17.2 Å². The van der Waals surface area contributed by atoms with Crippen molar-refractivity contribution in [3.63, 3.8) is 0 Å². The maximum atomic E-state index is 12.9. The van der Waals surface area contributed by atoms with Gasteiger partial charge in [-0.25, -0.2) is 0 Å². The van der Waals surface area contributed by atoms with Gasteiger partial charge in [0.15, 0.2) is 5.76 Å². The van der Waals surface area contributed by atoms with Crippen LogP contribution in [0.3, 0.4) is 0 Å². The molecule has 1 N–H and O–H groups in total. The number of aryl methyl sites for hydroxylation is 1. The zero-order valence-corrected chi connectivity index (χ0v) is 16.2. The second kappa shape index (κ2) is 7.84. The minimum Gasteiger partial charge on any atom is -0.507 e. The maximum absolute atomic E-state index is 12.9. The van der Waals surface area contributed by atoms with Crippen molar-refractivity contribution >= 4 is 11.9 Å². The van der Waals surface area contributed by atoms with E-state index in [1.54, 1.807) is 19.3 Å². The zero-order chi connectivity index (χ0) is 19.6. The molecule has 5 nitrogen and oxygen atoms in total. The molecule has 0 amide bonds. The lowest BCUT2D eigenvalue weighted by Crippen LogP contribution is -2.22. The summed E-state index contributed by atoms with van der Waals surface area (Å²) in [5.74, 6) is 1.44. The van der Waals surface area contributed by atoms with Crippen LogP contribution < -0.4 is 9.47 Å². The van der Waals surface area contributed by atoms with E-state index in [0.717, 1.165) is 18.7 Å². The normalized spacial score (nSPS) is 14.6. The molecule has 0 saturated carbocycles. The Balaban J connectivity index is 2.02. The highest BCUT2D eigenvalue weighted by Crippen LogP contribution is 2.42. The Bertz CT molecular complexity index is 897. The SMILES string of the molecule is CCN(CC)Cc1c(O)cc(C)c2c1O/C(=C\c1cccc(OC)c1)C2=O. The maximum Gasteiger partial charge on any atom is 0.232 e. The fraction of sp³-hybridized carbons (Fsp3) is 0.318. The average molecular weight is 367 g/mol. The highest BCUT2D eigenvalue weighted by Gasteiger charge is 2.33. The standard InChI is InChI=1S/C22H25NO4/c1-5-23(6-2)13-17-18(24)10-14(3)20-21(25)19(27-22(17)20)12-15-8-7-9-16(11-15)26-4/h7-12,24H,5-6,13H2,1-4H3/b19-12-. The van der Waals surface area contributed by atoms with Gasteiger partial charge in [0, 0.05) is 6.54 Å². The van der Waals surface area contributed by atoms with Gasteiger partial charge in [-0.3, -0.25) is 9.69 Å². The Morgan fingerprint density at radius 2 is 1.96 bits per heavy atom. The van der Waals surface area contributed by atoms with Crippen molar-refractivity contribution in [2.45, 2.75) is 27.3 Å². The third-order valence-corrected chi connectivity index (χ3v) is 4.89. The van der Waals surface area contributed by atoms with Crippen LogP contribution >= 0.6 is 0 Å². The number of ketones is 1. The van der Waals surface area contributed by atoms with Crippen LogP contribution in [0.2, 0.25) is 0 Å². The lowest BCUT2D eigenvalue weighted by atomic mass is 9.99. The van der Waals surface area contributed by atoms with E-state index >= 15 is 0 Å². The number of carbonyl (C=O) groups excluding carboxylic acids is 1. The average Bonchev–Trinajstić information content (AvgIpc) is 2.98. The van der Waals surface area contributed by atoms with Crippen LogP contribution in [0.4, 0.5) is 0 Å². The van der Waals surface area contributed by atoms with Crippen LogP contribution in [-0.2, 0) is 6.54 Å². The van der Waals surface area contributed by atoms with Gasteiger partial charge >= 0.3 is 0 Å². The Labute approximate surface area is 159 Å². The first-order valence-corrected chi connectivity index (χ1v) is 9.14. The van der Waals surface area contributed by atoms with Crippen molar-refractivity contribution in [2.24, 2.45) is 0 Å². The Morgan fingerprint density at radius 3 is 2.63 bits per heavy atom. The fourth-order valence-electron chi connectivity index (χ4n) is 3.29. The smallest absolute Gasteiger partial charge is 0.232 e. The van der Waals surface area contributed by atoms with Crippen molar-refractivity contribution < 1.29 is 19.4 Å². The molecule has 3 rings (SSSR count). The summed E-state index contributed by atoms with van der Waals surface area (Å²) >= 11 is 0. The Morgan fingerprint density at radius 1 is 1.22 bits per heavy atom. The summed E-state index contributed by atoms with van der Waals surface area (Å²) in [4.78, 5) is 15.1. The fourth-order valence-corrected chi connectivity index (χ4v) is 3.29. The number of hydrogen-bond acceptors (Lipinski definition) is 5. The van der Waals surface area contributed by atoms with Gasteiger partial charge in [-0.15, -0.1) is 0 Å². The van der Waals surface area contributed by atoms with Crippen molar-refractivity contribution in [3.05, 3.63) is 58.3 Å². The number of phenolic OH excluding ortho intramolecular Hbond substituents is 1. The molecule has 0 spiro atoms. The van der Waals surface area contributed by atoms with E-state index in [-0.39, 0.29) is 17.3 Å². The molecule has 142 valence electrons. The molecular formula is C22H25NO4. The molecule has 27 heavy (non-hydrogen) atoms.